The second-order valence-corrected chi connectivity index (χ2v) is 4.76. The molecule has 2 rings (SSSR count). The van der Waals surface area contributed by atoms with Gasteiger partial charge in [-0.1, -0.05) is 11.8 Å². The molecule has 1 aromatic heterocycles. The largest absolute Gasteiger partial charge is 0.476 e. The number of aromatic nitrogens is 1. The van der Waals surface area contributed by atoms with Crippen molar-refractivity contribution in [1.29, 1.82) is 0 Å². The van der Waals surface area contributed by atoms with Crippen molar-refractivity contribution in [3.63, 3.8) is 0 Å². The van der Waals surface area contributed by atoms with Crippen LogP contribution in [0, 0.1) is 18.8 Å². The van der Waals surface area contributed by atoms with Gasteiger partial charge in [-0.05, 0) is 43.3 Å². The van der Waals surface area contributed by atoms with Gasteiger partial charge in [0.1, 0.15) is 5.75 Å². The number of nitrogens with one attached hydrogen (secondary N) is 1. The first-order chi connectivity index (χ1) is 11.5. The van der Waals surface area contributed by atoms with Crippen LogP contribution in [0.5, 0.6) is 5.75 Å². The van der Waals surface area contributed by atoms with Crippen LogP contribution in [0.15, 0.2) is 54.2 Å². The summed E-state index contributed by atoms with van der Waals surface area (Å²) >= 11 is 0. The first-order valence-corrected chi connectivity index (χ1v) is 6.92. The Balaban J connectivity index is 2.12. The SMILES string of the molecule is Cc1ccc(C#Cc2ccc(O/C(NN)=C(/N)C(=O)O)cc2)cn1. The van der Waals surface area contributed by atoms with Crippen molar-refractivity contribution in [1.82, 2.24) is 10.4 Å². The number of carboxylic acid groups (broad SMARTS) is 1. The molecule has 1 heterocycles. The van der Waals surface area contributed by atoms with Gasteiger partial charge in [0.05, 0.1) is 0 Å². The van der Waals surface area contributed by atoms with E-state index >= 15 is 0 Å². The van der Waals surface area contributed by atoms with Crippen LogP contribution in [0.25, 0.3) is 0 Å². The first kappa shape index (κ1) is 16.9. The number of nitrogens with zero attached hydrogens (tertiary/aromatic N) is 1. The second-order valence-electron chi connectivity index (χ2n) is 4.76. The predicted octanol–water partition coefficient (Wildman–Crippen LogP) is 0.844. The van der Waals surface area contributed by atoms with Gasteiger partial charge in [0, 0.05) is 23.0 Å². The van der Waals surface area contributed by atoms with Crippen LogP contribution in [-0.4, -0.2) is 16.1 Å². The highest BCUT2D eigenvalue weighted by molar-refractivity contribution is 5.85. The van der Waals surface area contributed by atoms with Crippen molar-refractivity contribution in [2.24, 2.45) is 11.6 Å². The van der Waals surface area contributed by atoms with Gasteiger partial charge in [0.15, 0.2) is 5.70 Å². The summed E-state index contributed by atoms with van der Waals surface area (Å²) in [7, 11) is 0. The number of ether oxygens (including phenoxy) is 1. The molecule has 1 aromatic carbocycles. The maximum Gasteiger partial charge on any atom is 0.357 e. The lowest BCUT2D eigenvalue weighted by molar-refractivity contribution is -0.132. The van der Waals surface area contributed by atoms with Gasteiger partial charge in [-0.3, -0.25) is 10.4 Å². The third-order valence-electron chi connectivity index (χ3n) is 2.94. The summed E-state index contributed by atoms with van der Waals surface area (Å²) in [5.74, 6) is 10.00. The maximum atomic E-state index is 10.8. The molecule has 0 saturated carbocycles. The molecular weight excluding hydrogens is 308 g/mol. The van der Waals surface area contributed by atoms with E-state index < -0.39 is 11.7 Å². The molecule has 7 nitrogen and oxygen atoms in total. The van der Waals surface area contributed by atoms with Crippen molar-refractivity contribution < 1.29 is 14.6 Å². The molecule has 24 heavy (non-hydrogen) atoms. The number of benzene rings is 1. The van der Waals surface area contributed by atoms with Crippen molar-refractivity contribution in [3.05, 3.63) is 71.0 Å². The highest BCUT2D eigenvalue weighted by atomic mass is 16.5. The zero-order valence-corrected chi connectivity index (χ0v) is 12.9. The average molecular weight is 324 g/mol. The summed E-state index contributed by atoms with van der Waals surface area (Å²) in [6.45, 7) is 1.91. The van der Waals surface area contributed by atoms with E-state index in [9.17, 15) is 4.79 Å². The number of nitrogens with two attached hydrogens (primary N) is 2. The first-order valence-electron chi connectivity index (χ1n) is 6.92. The Kier molecular flexibility index (Phi) is 5.39. The van der Waals surface area contributed by atoms with Crippen LogP contribution < -0.4 is 21.7 Å². The normalized spacial score (nSPS) is 10.9. The molecule has 7 heteroatoms. The van der Waals surface area contributed by atoms with Crippen molar-refractivity contribution in [2.45, 2.75) is 6.92 Å². The second kappa shape index (κ2) is 7.67. The van der Waals surface area contributed by atoms with Gasteiger partial charge in [0.25, 0.3) is 0 Å². The average Bonchev–Trinajstić information content (AvgIpc) is 2.59. The Morgan fingerprint density at radius 1 is 1.17 bits per heavy atom. The van der Waals surface area contributed by atoms with Gasteiger partial charge in [0.2, 0.25) is 5.88 Å². The summed E-state index contributed by atoms with van der Waals surface area (Å²) in [5, 5.41) is 8.82. The molecular formula is C17H16N4O3. The summed E-state index contributed by atoms with van der Waals surface area (Å²) < 4.78 is 5.30. The minimum Gasteiger partial charge on any atom is -0.476 e. The van der Waals surface area contributed by atoms with E-state index in [4.69, 9.17) is 21.4 Å². The number of pyridine rings is 1. The molecule has 0 saturated heterocycles. The van der Waals surface area contributed by atoms with Crippen LogP contribution >= 0.6 is 0 Å². The Morgan fingerprint density at radius 3 is 2.33 bits per heavy atom. The molecule has 0 bridgehead atoms. The van der Waals surface area contributed by atoms with Crippen LogP contribution in [-0.2, 0) is 4.79 Å². The van der Waals surface area contributed by atoms with Gasteiger partial charge in [-0.25, -0.2) is 10.6 Å². The summed E-state index contributed by atoms with van der Waals surface area (Å²) in [5.41, 5.74) is 9.46. The molecule has 0 aliphatic rings. The molecule has 0 amide bonds. The van der Waals surface area contributed by atoms with E-state index in [1.54, 1.807) is 30.5 Å². The lowest BCUT2D eigenvalue weighted by Gasteiger charge is -2.10. The number of hydrogen-bond donors (Lipinski definition) is 4. The summed E-state index contributed by atoms with van der Waals surface area (Å²) in [4.78, 5) is 15.0. The van der Waals surface area contributed by atoms with E-state index in [0.29, 0.717) is 5.75 Å². The van der Waals surface area contributed by atoms with E-state index in [1.807, 2.05) is 19.1 Å². The number of carbonyl (C=O) groups is 1. The summed E-state index contributed by atoms with van der Waals surface area (Å²) in [6, 6.07) is 10.5. The van der Waals surface area contributed by atoms with Crippen LogP contribution in [0.3, 0.4) is 0 Å². The van der Waals surface area contributed by atoms with Crippen molar-refractivity contribution >= 4 is 5.97 Å². The third kappa shape index (κ3) is 4.50. The minimum absolute atomic E-state index is 0.243. The van der Waals surface area contributed by atoms with Crippen LogP contribution in [0.1, 0.15) is 16.8 Å². The molecule has 2 aromatic rings. The smallest absolute Gasteiger partial charge is 0.357 e. The molecule has 0 aliphatic heterocycles. The number of rotatable bonds is 4. The Hall–Kier alpha value is -3.50. The van der Waals surface area contributed by atoms with Gasteiger partial charge >= 0.3 is 5.97 Å². The molecule has 0 aliphatic carbocycles. The molecule has 0 unspecified atom stereocenters. The van der Waals surface area contributed by atoms with Crippen LogP contribution in [0.2, 0.25) is 0 Å². The standard InChI is InChI=1S/C17H16N4O3/c1-11-2-3-13(10-20-11)5-4-12-6-8-14(9-7-12)24-16(21-19)15(18)17(22)23/h2-3,6-10,21H,18-19H2,1H3,(H,22,23)/b16-15+. The molecule has 0 radical (unpaired) electrons. The molecule has 0 spiro atoms. The quantitative estimate of drug-likeness (QED) is 0.216. The zero-order valence-electron chi connectivity index (χ0n) is 12.9. The highest BCUT2D eigenvalue weighted by Crippen LogP contribution is 2.14. The number of aliphatic carboxylic acids is 1. The van der Waals surface area contributed by atoms with E-state index in [2.05, 4.69) is 22.3 Å². The van der Waals surface area contributed by atoms with Gasteiger partial charge < -0.3 is 15.6 Å². The van der Waals surface area contributed by atoms with Crippen LogP contribution in [0.4, 0.5) is 0 Å². The monoisotopic (exact) mass is 324 g/mol. The zero-order chi connectivity index (χ0) is 17.5. The third-order valence-corrected chi connectivity index (χ3v) is 2.94. The van der Waals surface area contributed by atoms with Crippen molar-refractivity contribution in [2.75, 3.05) is 0 Å². The van der Waals surface area contributed by atoms with Crippen molar-refractivity contribution in [3.8, 4) is 17.6 Å². The lowest BCUT2D eigenvalue weighted by atomic mass is 10.2. The predicted molar refractivity (Wildman–Crippen MR) is 88.2 cm³/mol. The lowest BCUT2D eigenvalue weighted by Crippen LogP contribution is -2.31. The fourth-order valence-electron chi connectivity index (χ4n) is 1.67. The number of aryl methyl sites for hydroxylation is 1. The molecule has 6 N–H and O–H groups in total. The molecule has 0 fully saturated rings. The molecule has 122 valence electrons. The summed E-state index contributed by atoms with van der Waals surface area (Å²) in [6.07, 6.45) is 1.71. The number of hydrogen-bond acceptors (Lipinski definition) is 6. The number of hydrazine groups is 1. The minimum atomic E-state index is -1.34. The Bertz CT molecular complexity index is 816. The van der Waals surface area contributed by atoms with Gasteiger partial charge in [-0.15, -0.1) is 0 Å². The highest BCUT2D eigenvalue weighted by Gasteiger charge is 2.11. The molecule has 0 atom stereocenters. The van der Waals surface area contributed by atoms with E-state index in [1.165, 1.54) is 0 Å². The topological polar surface area (TPSA) is 123 Å². The van der Waals surface area contributed by atoms with Gasteiger partial charge in [-0.2, -0.15) is 0 Å². The Labute approximate surface area is 138 Å². The van der Waals surface area contributed by atoms with E-state index in [-0.39, 0.29) is 5.88 Å². The maximum absolute atomic E-state index is 10.8. The van der Waals surface area contributed by atoms with E-state index in [0.717, 1.165) is 16.8 Å². The Morgan fingerprint density at radius 2 is 1.79 bits per heavy atom. The fraction of sp³-hybridized carbons (Fsp3) is 0.0588. The number of carboxylic acids is 1. The fourth-order valence-corrected chi connectivity index (χ4v) is 1.67.